The van der Waals surface area contributed by atoms with Crippen LogP contribution in [0.5, 0.6) is 5.75 Å². The third-order valence-electron chi connectivity index (χ3n) is 2.16. The number of allylic oxidation sites excluding steroid dienone is 1. The number of aliphatic hydroxyl groups excluding tert-OH is 1. The minimum absolute atomic E-state index is 0.149. The van der Waals surface area contributed by atoms with Crippen molar-refractivity contribution in [3.63, 3.8) is 0 Å². The summed E-state index contributed by atoms with van der Waals surface area (Å²) in [6.45, 7) is 0. The maximum Gasteiger partial charge on any atom is 0.231 e. The Morgan fingerprint density at radius 2 is 1.93 bits per heavy atom. The Bertz CT molecular complexity index is 395. The molecule has 2 N–H and O–H groups in total. The summed E-state index contributed by atoms with van der Waals surface area (Å²) in [5, 5.41) is 19.1. The minimum atomic E-state index is -1.35. The lowest BCUT2D eigenvalue weighted by atomic mass is 10.1. The van der Waals surface area contributed by atoms with Gasteiger partial charge in [-0.25, -0.2) is 0 Å². The molecule has 0 saturated heterocycles. The third-order valence-corrected chi connectivity index (χ3v) is 2.16. The van der Waals surface area contributed by atoms with Gasteiger partial charge in [0, 0.05) is 6.42 Å². The average molecular weight is 204 g/mol. The quantitative estimate of drug-likeness (QED) is 0.726. The van der Waals surface area contributed by atoms with E-state index < -0.39 is 5.79 Å². The van der Waals surface area contributed by atoms with Crippen LogP contribution < -0.4 is 4.74 Å². The summed E-state index contributed by atoms with van der Waals surface area (Å²) in [6, 6.07) is 9.07. The molecule has 0 heterocycles. The molecule has 0 fully saturated rings. The van der Waals surface area contributed by atoms with E-state index in [4.69, 9.17) is 9.84 Å². The second-order valence-electron chi connectivity index (χ2n) is 3.43. The van der Waals surface area contributed by atoms with Crippen LogP contribution >= 0.6 is 0 Å². The number of benzene rings is 1. The Kier molecular flexibility index (Phi) is 2.47. The van der Waals surface area contributed by atoms with E-state index in [1.807, 2.05) is 18.2 Å². The normalized spacial score (nSPS) is 24.7. The molecule has 0 saturated carbocycles. The lowest BCUT2D eigenvalue weighted by Crippen LogP contribution is -2.34. The molecule has 1 aliphatic carbocycles. The fourth-order valence-corrected chi connectivity index (χ4v) is 1.37. The molecule has 1 unspecified atom stereocenters. The van der Waals surface area contributed by atoms with Crippen LogP contribution in [0, 0.1) is 0 Å². The van der Waals surface area contributed by atoms with Gasteiger partial charge in [0.05, 0.1) is 0 Å². The van der Waals surface area contributed by atoms with Crippen molar-refractivity contribution in [3.05, 3.63) is 54.3 Å². The van der Waals surface area contributed by atoms with Gasteiger partial charge in [-0.05, 0) is 30.4 Å². The molecule has 15 heavy (non-hydrogen) atoms. The molecule has 78 valence electrons. The zero-order valence-electron chi connectivity index (χ0n) is 8.13. The van der Waals surface area contributed by atoms with Crippen molar-refractivity contribution in [1.82, 2.24) is 0 Å². The number of ether oxygens (including phenoxy) is 1. The highest BCUT2D eigenvalue weighted by Crippen LogP contribution is 2.24. The van der Waals surface area contributed by atoms with E-state index in [0.29, 0.717) is 5.75 Å². The summed E-state index contributed by atoms with van der Waals surface area (Å²) in [5.41, 5.74) is 0. The molecule has 1 atom stereocenters. The minimum Gasteiger partial charge on any atom is -0.508 e. The lowest BCUT2D eigenvalue weighted by molar-refractivity contribution is -0.0928. The summed E-state index contributed by atoms with van der Waals surface area (Å²) < 4.78 is 5.40. The van der Waals surface area contributed by atoms with Crippen LogP contribution in [0.1, 0.15) is 6.42 Å². The maximum absolute atomic E-state index is 9.98. The van der Waals surface area contributed by atoms with Crippen LogP contribution in [-0.2, 0) is 0 Å². The molecule has 0 aromatic heterocycles. The maximum atomic E-state index is 9.98. The summed E-state index contributed by atoms with van der Waals surface area (Å²) in [7, 11) is 0. The molecule has 2 rings (SSSR count). The first-order valence-electron chi connectivity index (χ1n) is 4.73. The Hall–Kier alpha value is -1.74. The van der Waals surface area contributed by atoms with E-state index in [9.17, 15) is 5.11 Å². The molecule has 1 aromatic carbocycles. The van der Waals surface area contributed by atoms with Crippen molar-refractivity contribution in [2.24, 2.45) is 0 Å². The molecule has 0 radical (unpaired) electrons. The van der Waals surface area contributed by atoms with Gasteiger partial charge in [-0.1, -0.05) is 18.2 Å². The molecule has 0 spiro atoms. The molecule has 3 nitrogen and oxygen atoms in total. The van der Waals surface area contributed by atoms with Crippen molar-refractivity contribution < 1.29 is 14.9 Å². The fraction of sp³-hybridized carbons (Fsp3) is 0.167. The highest BCUT2D eigenvalue weighted by molar-refractivity contribution is 5.26. The molecule has 0 aliphatic heterocycles. The zero-order chi connectivity index (χ0) is 10.7. The van der Waals surface area contributed by atoms with Crippen molar-refractivity contribution in [2.75, 3.05) is 0 Å². The lowest BCUT2D eigenvalue weighted by Gasteiger charge is -2.26. The fourth-order valence-electron chi connectivity index (χ4n) is 1.37. The van der Waals surface area contributed by atoms with Gasteiger partial charge in [0.2, 0.25) is 5.79 Å². The first kappa shape index (κ1) is 9.80. The van der Waals surface area contributed by atoms with Gasteiger partial charge in [0.25, 0.3) is 0 Å². The summed E-state index contributed by atoms with van der Waals surface area (Å²) in [5.74, 6) is -0.607. The Balaban J connectivity index is 2.10. The molecule has 3 heteroatoms. The van der Waals surface area contributed by atoms with Crippen LogP contribution in [-0.4, -0.2) is 16.0 Å². The number of hydrogen-bond acceptors (Lipinski definition) is 3. The van der Waals surface area contributed by atoms with Gasteiger partial charge in [-0.15, -0.1) is 0 Å². The van der Waals surface area contributed by atoms with E-state index in [0.717, 1.165) is 0 Å². The molecule has 0 bridgehead atoms. The van der Waals surface area contributed by atoms with Crippen LogP contribution in [0.15, 0.2) is 54.3 Å². The topological polar surface area (TPSA) is 49.7 Å². The Morgan fingerprint density at radius 3 is 2.53 bits per heavy atom. The van der Waals surface area contributed by atoms with Crippen LogP contribution in [0.2, 0.25) is 0 Å². The van der Waals surface area contributed by atoms with Crippen LogP contribution in [0.3, 0.4) is 0 Å². The van der Waals surface area contributed by atoms with Gasteiger partial charge in [0.15, 0.2) is 0 Å². The average Bonchev–Trinajstić information content (AvgIpc) is 2.24. The van der Waals surface area contributed by atoms with Gasteiger partial charge < -0.3 is 14.9 Å². The summed E-state index contributed by atoms with van der Waals surface area (Å²) in [4.78, 5) is 0. The second-order valence-corrected chi connectivity index (χ2v) is 3.43. The number of hydrogen-bond donors (Lipinski definition) is 2. The van der Waals surface area contributed by atoms with E-state index in [-0.39, 0.29) is 12.2 Å². The summed E-state index contributed by atoms with van der Waals surface area (Å²) >= 11 is 0. The van der Waals surface area contributed by atoms with Crippen LogP contribution in [0.25, 0.3) is 0 Å². The predicted molar refractivity (Wildman–Crippen MR) is 56.5 cm³/mol. The first-order chi connectivity index (χ1) is 7.18. The number of aliphatic hydroxyl groups is 2. The van der Waals surface area contributed by atoms with Gasteiger partial charge in [-0.2, -0.15) is 0 Å². The largest absolute Gasteiger partial charge is 0.508 e. The smallest absolute Gasteiger partial charge is 0.231 e. The van der Waals surface area contributed by atoms with Crippen LogP contribution in [0.4, 0.5) is 0 Å². The van der Waals surface area contributed by atoms with Gasteiger partial charge in [-0.3, -0.25) is 0 Å². The summed E-state index contributed by atoms with van der Waals surface area (Å²) in [6.07, 6.45) is 4.62. The molecule has 0 amide bonds. The van der Waals surface area contributed by atoms with Crippen molar-refractivity contribution in [3.8, 4) is 5.75 Å². The number of para-hydroxylation sites is 1. The van der Waals surface area contributed by atoms with E-state index >= 15 is 0 Å². The van der Waals surface area contributed by atoms with E-state index in [2.05, 4.69) is 0 Å². The highest BCUT2D eigenvalue weighted by atomic mass is 16.6. The molecule has 1 aliphatic rings. The third kappa shape index (κ3) is 2.39. The zero-order valence-corrected chi connectivity index (χ0v) is 8.13. The SMILES string of the molecule is OC1=CCC(O)(Oc2ccccc2)C=C1. The first-order valence-corrected chi connectivity index (χ1v) is 4.73. The highest BCUT2D eigenvalue weighted by Gasteiger charge is 2.27. The molecular formula is C12H12O3. The van der Waals surface area contributed by atoms with Gasteiger partial charge >= 0.3 is 0 Å². The van der Waals surface area contributed by atoms with Gasteiger partial charge in [0.1, 0.15) is 11.5 Å². The van der Waals surface area contributed by atoms with Crippen molar-refractivity contribution >= 4 is 0 Å². The number of rotatable bonds is 2. The second kappa shape index (κ2) is 3.79. The Morgan fingerprint density at radius 1 is 1.20 bits per heavy atom. The predicted octanol–water partition coefficient (Wildman–Crippen LogP) is 2.16. The van der Waals surface area contributed by atoms with Crippen molar-refractivity contribution in [1.29, 1.82) is 0 Å². The standard InChI is InChI=1S/C12H12O3/c13-10-6-8-12(14,9-7-10)15-11-4-2-1-3-5-11/h1-8,13-14H,9H2. The monoisotopic (exact) mass is 204 g/mol. The van der Waals surface area contributed by atoms with E-state index in [1.165, 1.54) is 18.2 Å². The Labute approximate surface area is 87.9 Å². The van der Waals surface area contributed by atoms with Crippen molar-refractivity contribution in [2.45, 2.75) is 12.2 Å². The molecule has 1 aromatic rings. The molecular weight excluding hydrogens is 192 g/mol. The van der Waals surface area contributed by atoms with E-state index in [1.54, 1.807) is 12.1 Å².